The molecule has 0 aliphatic heterocycles. The Bertz CT molecular complexity index is 780. The Morgan fingerprint density at radius 1 is 1.16 bits per heavy atom. The summed E-state index contributed by atoms with van der Waals surface area (Å²) in [5.74, 6) is -0.101. The molecule has 134 valence electrons. The Labute approximate surface area is 151 Å². The van der Waals surface area contributed by atoms with E-state index in [1.165, 1.54) is 11.3 Å². The summed E-state index contributed by atoms with van der Waals surface area (Å²) < 4.78 is 0. The predicted molar refractivity (Wildman–Crippen MR) is 100 cm³/mol. The summed E-state index contributed by atoms with van der Waals surface area (Å²) >= 11 is 1.37. The van der Waals surface area contributed by atoms with Crippen molar-refractivity contribution in [1.82, 2.24) is 9.97 Å². The number of nitrogens with one attached hydrogen (secondary N) is 2. The molecule has 4 N–H and O–H groups in total. The standard InChI is InChI=1S/C17H23N5O2S/c1-9-8-10(2)21-17(20-9)19-7-5-6-13(23)22-16-14(15(18)24)11(3)12(4)25-16/h8H,5-7H2,1-4H3,(H2,18,24)(H,22,23)(H,19,20,21). The summed E-state index contributed by atoms with van der Waals surface area (Å²) in [5.41, 5.74) is 8.43. The minimum absolute atomic E-state index is 0.146. The van der Waals surface area contributed by atoms with E-state index in [1.54, 1.807) is 0 Å². The number of thiophene rings is 1. The van der Waals surface area contributed by atoms with Crippen molar-refractivity contribution in [1.29, 1.82) is 0 Å². The molecule has 0 saturated heterocycles. The van der Waals surface area contributed by atoms with Gasteiger partial charge in [0.05, 0.1) is 5.56 Å². The quantitative estimate of drug-likeness (QED) is 0.657. The fraction of sp³-hybridized carbons (Fsp3) is 0.412. The normalized spacial score (nSPS) is 10.6. The van der Waals surface area contributed by atoms with Gasteiger partial charge in [0.15, 0.2) is 0 Å². The minimum atomic E-state index is -0.522. The van der Waals surface area contributed by atoms with Crippen LogP contribution in [0.25, 0.3) is 0 Å². The van der Waals surface area contributed by atoms with Crippen molar-refractivity contribution in [3.8, 4) is 0 Å². The van der Waals surface area contributed by atoms with Gasteiger partial charge in [0.1, 0.15) is 5.00 Å². The Morgan fingerprint density at radius 3 is 2.40 bits per heavy atom. The van der Waals surface area contributed by atoms with Gasteiger partial charge in [0.25, 0.3) is 5.91 Å². The lowest BCUT2D eigenvalue weighted by Gasteiger charge is -2.07. The number of rotatable bonds is 7. The van der Waals surface area contributed by atoms with E-state index in [-0.39, 0.29) is 5.91 Å². The number of hydrogen-bond acceptors (Lipinski definition) is 6. The van der Waals surface area contributed by atoms with Crippen LogP contribution in [0.4, 0.5) is 10.9 Å². The van der Waals surface area contributed by atoms with Crippen LogP contribution in [-0.4, -0.2) is 28.3 Å². The summed E-state index contributed by atoms with van der Waals surface area (Å²) in [6, 6.07) is 1.90. The van der Waals surface area contributed by atoms with Crippen LogP contribution in [0.1, 0.15) is 45.0 Å². The van der Waals surface area contributed by atoms with E-state index >= 15 is 0 Å². The third-order valence-corrected chi connectivity index (χ3v) is 4.85. The van der Waals surface area contributed by atoms with Crippen LogP contribution in [0.5, 0.6) is 0 Å². The molecule has 2 rings (SSSR count). The highest BCUT2D eigenvalue weighted by Gasteiger charge is 2.18. The van der Waals surface area contributed by atoms with E-state index in [9.17, 15) is 9.59 Å². The molecule has 0 radical (unpaired) electrons. The van der Waals surface area contributed by atoms with Crippen molar-refractivity contribution >= 4 is 34.1 Å². The number of hydrogen-bond donors (Lipinski definition) is 3. The Balaban J connectivity index is 1.85. The molecule has 0 atom stereocenters. The van der Waals surface area contributed by atoms with Crippen LogP contribution in [0.2, 0.25) is 0 Å². The van der Waals surface area contributed by atoms with E-state index in [0.29, 0.717) is 35.9 Å². The Kier molecular flexibility index (Phi) is 6.08. The topological polar surface area (TPSA) is 110 Å². The van der Waals surface area contributed by atoms with Crippen LogP contribution in [-0.2, 0) is 4.79 Å². The van der Waals surface area contributed by atoms with Gasteiger partial charge in [0.2, 0.25) is 11.9 Å². The van der Waals surface area contributed by atoms with E-state index in [2.05, 4.69) is 20.6 Å². The smallest absolute Gasteiger partial charge is 0.251 e. The van der Waals surface area contributed by atoms with Crippen molar-refractivity contribution in [2.45, 2.75) is 40.5 Å². The van der Waals surface area contributed by atoms with E-state index in [4.69, 9.17) is 5.73 Å². The molecule has 0 saturated carbocycles. The maximum absolute atomic E-state index is 12.1. The van der Waals surface area contributed by atoms with Gasteiger partial charge in [-0.25, -0.2) is 9.97 Å². The summed E-state index contributed by atoms with van der Waals surface area (Å²) in [5, 5.41) is 6.43. The van der Waals surface area contributed by atoms with Gasteiger partial charge in [0, 0.05) is 29.2 Å². The highest BCUT2D eigenvalue weighted by Crippen LogP contribution is 2.32. The van der Waals surface area contributed by atoms with Gasteiger partial charge in [-0.05, 0) is 45.7 Å². The molecule has 0 bridgehead atoms. The van der Waals surface area contributed by atoms with Crippen molar-refractivity contribution in [3.05, 3.63) is 33.5 Å². The number of primary amides is 1. The molecule has 2 amide bonds. The number of aromatic nitrogens is 2. The molecular weight excluding hydrogens is 338 g/mol. The average molecular weight is 361 g/mol. The SMILES string of the molecule is Cc1cc(C)nc(NCCCC(=O)Nc2sc(C)c(C)c2C(N)=O)n1. The summed E-state index contributed by atoms with van der Waals surface area (Å²) in [6.07, 6.45) is 0.948. The number of nitrogens with zero attached hydrogens (tertiary/aromatic N) is 2. The second-order valence-corrected chi connectivity index (χ2v) is 7.13. The largest absolute Gasteiger partial charge is 0.365 e. The van der Waals surface area contributed by atoms with Gasteiger partial charge in [-0.1, -0.05) is 0 Å². The van der Waals surface area contributed by atoms with Gasteiger partial charge >= 0.3 is 0 Å². The van der Waals surface area contributed by atoms with E-state index < -0.39 is 5.91 Å². The zero-order valence-electron chi connectivity index (χ0n) is 14.9. The molecule has 2 aromatic heterocycles. The molecule has 0 aromatic carbocycles. The zero-order valence-corrected chi connectivity index (χ0v) is 15.7. The number of amides is 2. The number of aryl methyl sites for hydroxylation is 3. The monoisotopic (exact) mass is 361 g/mol. The first-order chi connectivity index (χ1) is 11.8. The molecule has 0 unspecified atom stereocenters. The first-order valence-corrected chi connectivity index (χ1v) is 8.85. The van der Waals surface area contributed by atoms with Gasteiger partial charge in [-0.3, -0.25) is 9.59 Å². The number of carbonyl (C=O) groups excluding carboxylic acids is 2. The highest BCUT2D eigenvalue weighted by atomic mass is 32.1. The molecule has 0 fully saturated rings. The second-order valence-electron chi connectivity index (χ2n) is 5.90. The molecular formula is C17H23N5O2S. The van der Waals surface area contributed by atoms with Crippen LogP contribution in [0.3, 0.4) is 0 Å². The summed E-state index contributed by atoms with van der Waals surface area (Å²) in [7, 11) is 0. The average Bonchev–Trinajstić information content (AvgIpc) is 2.77. The van der Waals surface area contributed by atoms with Gasteiger partial charge in [-0.2, -0.15) is 0 Å². The van der Waals surface area contributed by atoms with Crippen LogP contribution >= 0.6 is 11.3 Å². The maximum Gasteiger partial charge on any atom is 0.251 e. The first kappa shape index (κ1) is 18.9. The van der Waals surface area contributed by atoms with Crippen LogP contribution in [0.15, 0.2) is 6.07 Å². The first-order valence-electron chi connectivity index (χ1n) is 8.03. The fourth-order valence-electron chi connectivity index (χ4n) is 2.45. The molecule has 0 spiro atoms. The van der Waals surface area contributed by atoms with Crippen molar-refractivity contribution in [3.63, 3.8) is 0 Å². The summed E-state index contributed by atoms with van der Waals surface area (Å²) in [6.45, 7) is 8.13. The van der Waals surface area contributed by atoms with E-state index in [0.717, 1.165) is 21.8 Å². The van der Waals surface area contributed by atoms with Crippen molar-refractivity contribution in [2.75, 3.05) is 17.2 Å². The molecule has 0 aliphatic carbocycles. The molecule has 2 aromatic rings. The lowest BCUT2D eigenvalue weighted by atomic mass is 10.1. The maximum atomic E-state index is 12.1. The van der Waals surface area contributed by atoms with Crippen molar-refractivity contribution in [2.24, 2.45) is 5.73 Å². The highest BCUT2D eigenvalue weighted by molar-refractivity contribution is 7.16. The Morgan fingerprint density at radius 2 is 1.80 bits per heavy atom. The molecule has 7 nitrogen and oxygen atoms in total. The minimum Gasteiger partial charge on any atom is -0.365 e. The fourth-order valence-corrected chi connectivity index (χ4v) is 3.54. The summed E-state index contributed by atoms with van der Waals surface area (Å²) in [4.78, 5) is 33.2. The van der Waals surface area contributed by atoms with Crippen LogP contribution in [0, 0.1) is 27.7 Å². The molecule has 0 aliphatic rings. The van der Waals surface area contributed by atoms with Crippen LogP contribution < -0.4 is 16.4 Å². The van der Waals surface area contributed by atoms with E-state index in [1.807, 2.05) is 33.8 Å². The molecule has 2 heterocycles. The molecule has 8 heteroatoms. The second kappa shape index (κ2) is 8.06. The third kappa shape index (κ3) is 4.99. The number of carbonyl (C=O) groups is 2. The number of anilines is 2. The molecule has 25 heavy (non-hydrogen) atoms. The van der Waals surface area contributed by atoms with Crippen molar-refractivity contribution < 1.29 is 9.59 Å². The predicted octanol–water partition coefficient (Wildman–Crippen LogP) is 2.70. The van der Waals surface area contributed by atoms with Gasteiger partial charge < -0.3 is 16.4 Å². The lowest BCUT2D eigenvalue weighted by molar-refractivity contribution is -0.116. The third-order valence-electron chi connectivity index (χ3n) is 3.73. The van der Waals surface area contributed by atoms with Gasteiger partial charge in [-0.15, -0.1) is 11.3 Å². The lowest BCUT2D eigenvalue weighted by Crippen LogP contribution is -2.18. The zero-order chi connectivity index (χ0) is 18.6. The number of nitrogens with two attached hydrogens (primary N) is 1. The Hall–Kier alpha value is -2.48.